The Morgan fingerprint density at radius 1 is 1.53 bits per heavy atom. The first-order valence-corrected chi connectivity index (χ1v) is 6.52. The van der Waals surface area contributed by atoms with Crippen LogP contribution in [0.1, 0.15) is 12.8 Å². The molecule has 0 amide bonds. The highest BCUT2D eigenvalue weighted by Crippen LogP contribution is 2.60. The average Bonchev–Trinajstić information content (AvgIpc) is 2.25. The van der Waals surface area contributed by atoms with Gasteiger partial charge in [-0.1, -0.05) is 0 Å². The van der Waals surface area contributed by atoms with Gasteiger partial charge in [-0.05, 0) is 12.8 Å². The highest BCUT2D eigenvalue weighted by atomic mass is 31.2. The van der Waals surface area contributed by atoms with Crippen LogP contribution < -0.4 is 5.73 Å². The third-order valence-electron chi connectivity index (χ3n) is 3.26. The van der Waals surface area contributed by atoms with E-state index in [1.165, 1.54) is 0 Å². The fraction of sp³-hybridized carbons (Fsp3) is 0.875. The molecule has 6 N–H and O–H groups in total. The number of carboxylic acids is 1. The van der Waals surface area contributed by atoms with E-state index < -0.39 is 37.0 Å². The zero-order valence-corrected chi connectivity index (χ0v) is 10.1. The molecule has 0 aromatic rings. The van der Waals surface area contributed by atoms with Crippen LogP contribution in [-0.4, -0.2) is 56.7 Å². The maximum atomic E-state index is 11.8. The molecular weight excluding hydrogens is 253 g/mol. The van der Waals surface area contributed by atoms with Crippen LogP contribution in [-0.2, 0) is 13.9 Å². The molecule has 1 aliphatic rings. The Labute approximate surface area is 97.5 Å². The molecule has 0 aliphatic heterocycles. The van der Waals surface area contributed by atoms with Crippen LogP contribution in [0.2, 0.25) is 0 Å². The van der Waals surface area contributed by atoms with E-state index in [0.717, 1.165) is 7.11 Å². The first kappa shape index (κ1) is 14.6. The normalized spacial score (nSPS) is 41.8. The van der Waals surface area contributed by atoms with Gasteiger partial charge in [-0.2, -0.15) is 0 Å². The lowest BCUT2D eigenvalue weighted by Gasteiger charge is -2.44. The molecule has 0 bridgehead atoms. The van der Waals surface area contributed by atoms with Crippen molar-refractivity contribution in [1.29, 1.82) is 0 Å². The molecule has 9 heteroatoms. The van der Waals surface area contributed by atoms with E-state index in [9.17, 15) is 24.5 Å². The summed E-state index contributed by atoms with van der Waals surface area (Å²) in [6.45, 7) is 0. The highest BCUT2D eigenvalue weighted by Gasteiger charge is 2.63. The van der Waals surface area contributed by atoms with Crippen LogP contribution >= 0.6 is 7.60 Å². The number of hydrogen-bond donors (Lipinski definition) is 5. The lowest BCUT2D eigenvalue weighted by molar-refractivity contribution is -0.146. The number of carbonyl (C=O) groups is 1. The van der Waals surface area contributed by atoms with Gasteiger partial charge in [-0.15, -0.1) is 0 Å². The Hall–Kier alpha value is -0.500. The summed E-state index contributed by atoms with van der Waals surface area (Å²) >= 11 is 0. The van der Waals surface area contributed by atoms with Gasteiger partial charge in [0.15, 0.2) is 5.16 Å². The molecule has 1 unspecified atom stereocenters. The van der Waals surface area contributed by atoms with Crippen molar-refractivity contribution >= 4 is 13.6 Å². The molecule has 100 valence electrons. The Bertz CT molecular complexity index is 362. The van der Waals surface area contributed by atoms with Gasteiger partial charge in [0.2, 0.25) is 0 Å². The van der Waals surface area contributed by atoms with Crippen LogP contribution in [0.25, 0.3) is 0 Å². The largest absolute Gasteiger partial charge is 0.480 e. The molecule has 0 saturated heterocycles. The van der Waals surface area contributed by atoms with Crippen LogP contribution in [0.4, 0.5) is 0 Å². The molecule has 0 aromatic carbocycles. The van der Waals surface area contributed by atoms with Gasteiger partial charge in [-0.3, -0.25) is 9.36 Å². The third kappa shape index (κ3) is 2.01. The van der Waals surface area contributed by atoms with Crippen molar-refractivity contribution < 1.29 is 34.1 Å². The number of hydrogen-bond acceptors (Lipinski definition) is 6. The summed E-state index contributed by atoms with van der Waals surface area (Å²) in [4.78, 5) is 20.9. The zero-order valence-electron chi connectivity index (χ0n) is 9.18. The molecule has 8 nitrogen and oxygen atoms in total. The minimum atomic E-state index is -4.55. The average molecular weight is 269 g/mol. The second-order valence-electron chi connectivity index (χ2n) is 4.05. The molecule has 0 radical (unpaired) electrons. The quantitative estimate of drug-likeness (QED) is 0.388. The van der Waals surface area contributed by atoms with E-state index in [0.29, 0.717) is 0 Å². The van der Waals surface area contributed by atoms with E-state index >= 15 is 0 Å². The van der Waals surface area contributed by atoms with E-state index in [-0.39, 0.29) is 12.8 Å². The number of aliphatic hydroxyl groups is 2. The summed E-state index contributed by atoms with van der Waals surface area (Å²) < 4.78 is 16.2. The molecule has 0 spiro atoms. The molecule has 1 aliphatic carbocycles. The number of aliphatic hydroxyl groups excluding tert-OH is 2. The van der Waals surface area contributed by atoms with Crippen molar-refractivity contribution in [1.82, 2.24) is 0 Å². The predicted octanol–water partition coefficient (Wildman–Crippen LogP) is -1.52. The number of rotatable bonds is 3. The van der Waals surface area contributed by atoms with Crippen LogP contribution in [0.3, 0.4) is 0 Å². The summed E-state index contributed by atoms with van der Waals surface area (Å²) in [6, 6.07) is -1.58. The molecule has 1 rings (SSSR count). The fourth-order valence-corrected chi connectivity index (χ4v) is 3.60. The van der Waals surface area contributed by atoms with Crippen LogP contribution in [0.15, 0.2) is 0 Å². The third-order valence-corrected chi connectivity index (χ3v) is 5.47. The summed E-state index contributed by atoms with van der Waals surface area (Å²) in [5.74, 6) is -1.62. The minimum absolute atomic E-state index is 0.144. The summed E-state index contributed by atoms with van der Waals surface area (Å²) in [5, 5.41) is 25.8. The smallest absolute Gasteiger partial charge is 0.346 e. The van der Waals surface area contributed by atoms with Crippen LogP contribution in [0, 0.1) is 0 Å². The molecule has 1 saturated carbocycles. The number of nitrogens with two attached hydrogens (primary N) is 1. The molecule has 17 heavy (non-hydrogen) atoms. The predicted molar refractivity (Wildman–Crippen MR) is 56.4 cm³/mol. The maximum Gasteiger partial charge on any atom is 0.346 e. The fourth-order valence-electron chi connectivity index (χ4n) is 2.09. The van der Waals surface area contributed by atoms with Crippen molar-refractivity contribution in [3.63, 3.8) is 0 Å². The van der Waals surface area contributed by atoms with Gasteiger partial charge in [-0.25, -0.2) is 0 Å². The second-order valence-corrected chi connectivity index (χ2v) is 6.26. The van der Waals surface area contributed by atoms with E-state index in [1.54, 1.807) is 0 Å². The lowest BCUT2D eigenvalue weighted by atomic mass is 9.80. The van der Waals surface area contributed by atoms with E-state index in [2.05, 4.69) is 4.52 Å². The van der Waals surface area contributed by atoms with Gasteiger partial charge < -0.3 is 30.5 Å². The maximum absolute atomic E-state index is 11.8. The summed E-state index contributed by atoms with van der Waals surface area (Å²) in [6.07, 6.45) is -3.29. The van der Waals surface area contributed by atoms with Crippen molar-refractivity contribution in [2.45, 2.75) is 36.2 Å². The van der Waals surface area contributed by atoms with Crippen molar-refractivity contribution in [2.24, 2.45) is 5.73 Å². The molecular formula is C8H16NO7P. The lowest BCUT2D eigenvalue weighted by Crippen LogP contribution is -2.64. The summed E-state index contributed by atoms with van der Waals surface area (Å²) in [5.41, 5.74) is 5.51. The number of aliphatic carboxylic acids is 1. The van der Waals surface area contributed by atoms with Gasteiger partial charge >= 0.3 is 13.6 Å². The van der Waals surface area contributed by atoms with Crippen molar-refractivity contribution in [2.75, 3.05) is 7.11 Å². The Morgan fingerprint density at radius 3 is 2.47 bits per heavy atom. The standard InChI is InChI=1S/C8H16NO7P/c1-16-17(14,15)8(7(12)13)3-2-4(10)5(11)6(8)9/h4-6,10-11H,2-3,9H2,1H3,(H,12,13)(H,14,15)/t4-,5+,6-,8-/m0/s1. The second kappa shape index (κ2) is 4.64. The van der Waals surface area contributed by atoms with Gasteiger partial charge in [0.1, 0.15) is 0 Å². The SMILES string of the molecule is COP(=O)(O)[C@@]1(C(=O)O)CC[C@H](O)[C@@H](O)[C@@H]1N. The zero-order chi connectivity index (χ0) is 13.4. The van der Waals surface area contributed by atoms with E-state index in [4.69, 9.17) is 10.8 Å². The topological polar surface area (TPSA) is 150 Å². The first-order chi connectivity index (χ1) is 7.70. The Morgan fingerprint density at radius 2 is 2.06 bits per heavy atom. The minimum Gasteiger partial charge on any atom is -0.480 e. The van der Waals surface area contributed by atoms with Crippen molar-refractivity contribution in [3.8, 4) is 0 Å². The number of carboxylic acid groups (broad SMARTS) is 1. The summed E-state index contributed by atoms with van der Waals surface area (Å²) in [7, 11) is -3.65. The Balaban J connectivity index is 3.27. The molecule has 0 aromatic heterocycles. The monoisotopic (exact) mass is 269 g/mol. The van der Waals surface area contributed by atoms with Gasteiger partial charge in [0, 0.05) is 7.11 Å². The first-order valence-electron chi connectivity index (χ1n) is 4.94. The van der Waals surface area contributed by atoms with Gasteiger partial charge in [0.25, 0.3) is 0 Å². The van der Waals surface area contributed by atoms with Crippen LogP contribution in [0.5, 0.6) is 0 Å². The highest BCUT2D eigenvalue weighted by molar-refractivity contribution is 7.55. The van der Waals surface area contributed by atoms with Crippen molar-refractivity contribution in [3.05, 3.63) is 0 Å². The molecule has 5 atom stereocenters. The molecule has 1 fully saturated rings. The Kier molecular flexibility index (Phi) is 3.97. The van der Waals surface area contributed by atoms with Gasteiger partial charge in [0.05, 0.1) is 18.2 Å². The van der Waals surface area contributed by atoms with E-state index in [1.807, 2.05) is 0 Å². The molecule has 0 heterocycles.